The normalized spacial score (nSPS) is 24.1. The van der Waals surface area contributed by atoms with Gasteiger partial charge in [0.05, 0.1) is 18.8 Å². The molecule has 2 atom stereocenters. The Morgan fingerprint density at radius 2 is 2.07 bits per heavy atom. The third kappa shape index (κ3) is 8.10. The number of carbonyl (C=O) groups excluding carboxylic acids is 1. The van der Waals surface area contributed by atoms with E-state index in [1.54, 1.807) is 11.9 Å². The molecule has 2 rings (SSSR count). The highest BCUT2D eigenvalue weighted by Gasteiger charge is 2.31. The van der Waals surface area contributed by atoms with E-state index in [1.807, 2.05) is 14.1 Å². The molecule has 0 radical (unpaired) electrons. The summed E-state index contributed by atoms with van der Waals surface area (Å²) in [7, 11) is 5.48. The summed E-state index contributed by atoms with van der Waals surface area (Å²) in [4.78, 5) is 23.1. The van der Waals surface area contributed by atoms with Crippen LogP contribution in [0.4, 0.5) is 0 Å². The number of ether oxygens (including phenoxy) is 1. The highest BCUT2D eigenvalue weighted by molar-refractivity contribution is 5.81. The van der Waals surface area contributed by atoms with E-state index in [9.17, 15) is 4.79 Å². The Hall–Kier alpha value is -1.38. The van der Waals surface area contributed by atoms with E-state index in [1.165, 1.54) is 0 Å². The predicted octanol–water partition coefficient (Wildman–Crippen LogP) is 0.451. The number of nitrogens with zero attached hydrogens (tertiary/aromatic N) is 4. The van der Waals surface area contributed by atoms with Crippen molar-refractivity contribution in [1.82, 2.24) is 25.3 Å². The Balaban J connectivity index is 1.64. The molecule has 8 nitrogen and oxygen atoms in total. The fourth-order valence-electron chi connectivity index (χ4n) is 4.18. The third-order valence-corrected chi connectivity index (χ3v) is 5.57. The average molecular weight is 411 g/mol. The molecule has 0 aromatic carbocycles. The van der Waals surface area contributed by atoms with Gasteiger partial charge in [0.2, 0.25) is 5.91 Å². The van der Waals surface area contributed by atoms with E-state index in [-0.39, 0.29) is 18.1 Å². The van der Waals surface area contributed by atoms with Crippen LogP contribution in [-0.2, 0) is 9.53 Å². The topological polar surface area (TPSA) is 72.4 Å². The average Bonchev–Trinajstić information content (AvgIpc) is 3.15. The van der Waals surface area contributed by atoms with Crippen LogP contribution < -0.4 is 10.6 Å². The predicted molar refractivity (Wildman–Crippen MR) is 118 cm³/mol. The number of carbonyl (C=O) groups is 1. The van der Waals surface area contributed by atoms with Gasteiger partial charge >= 0.3 is 0 Å². The molecule has 2 unspecified atom stereocenters. The smallest absolute Gasteiger partial charge is 0.239 e. The Morgan fingerprint density at radius 3 is 2.76 bits per heavy atom. The summed E-state index contributed by atoms with van der Waals surface area (Å²) in [6.45, 7) is 12.0. The molecule has 0 bridgehead atoms. The Morgan fingerprint density at radius 1 is 1.28 bits per heavy atom. The molecule has 2 heterocycles. The van der Waals surface area contributed by atoms with Crippen LogP contribution in [0, 0.1) is 5.92 Å². The fraction of sp³-hybridized carbons (Fsp3) is 0.905. The van der Waals surface area contributed by atoms with Crippen molar-refractivity contribution < 1.29 is 9.53 Å². The van der Waals surface area contributed by atoms with Crippen LogP contribution in [0.15, 0.2) is 4.99 Å². The summed E-state index contributed by atoms with van der Waals surface area (Å²) < 4.78 is 5.90. The molecule has 168 valence electrons. The number of rotatable bonds is 9. The molecule has 0 saturated carbocycles. The van der Waals surface area contributed by atoms with Crippen molar-refractivity contribution in [3.05, 3.63) is 0 Å². The van der Waals surface area contributed by atoms with Crippen molar-refractivity contribution in [2.75, 3.05) is 73.6 Å². The summed E-state index contributed by atoms with van der Waals surface area (Å²) in [5.74, 6) is 1.73. The van der Waals surface area contributed by atoms with Crippen molar-refractivity contribution in [2.45, 2.75) is 45.3 Å². The van der Waals surface area contributed by atoms with Crippen molar-refractivity contribution in [3.63, 3.8) is 0 Å². The van der Waals surface area contributed by atoms with Gasteiger partial charge in [0.1, 0.15) is 0 Å². The second-order valence-electron chi connectivity index (χ2n) is 8.81. The molecule has 0 aromatic rings. The first-order valence-corrected chi connectivity index (χ1v) is 11.1. The number of likely N-dealkylation sites (N-methyl/N-ethyl adjacent to an activating group) is 1. The Bertz CT molecular complexity index is 525. The lowest BCUT2D eigenvalue weighted by Gasteiger charge is -2.34. The van der Waals surface area contributed by atoms with Gasteiger partial charge in [-0.2, -0.15) is 0 Å². The maximum Gasteiger partial charge on any atom is 0.239 e. The minimum atomic E-state index is 0.0553. The van der Waals surface area contributed by atoms with Gasteiger partial charge < -0.3 is 20.3 Å². The minimum Gasteiger partial charge on any atom is -0.374 e. The summed E-state index contributed by atoms with van der Waals surface area (Å²) in [5.41, 5.74) is 0. The number of amides is 1. The SMILES string of the molecule is CN=C(NCCCN1CCCC1C(=O)N(C)C)NCC1CN(CC(C)C)CCO1. The number of morpholine rings is 1. The van der Waals surface area contributed by atoms with E-state index in [2.05, 4.69) is 39.3 Å². The first-order chi connectivity index (χ1) is 13.9. The van der Waals surface area contributed by atoms with Gasteiger partial charge in [0.15, 0.2) is 5.96 Å². The zero-order valence-electron chi connectivity index (χ0n) is 19.1. The first-order valence-electron chi connectivity index (χ1n) is 11.1. The van der Waals surface area contributed by atoms with Crippen LogP contribution in [0.2, 0.25) is 0 Å². The van der Waals surface area contributed by atoms with Crippen LogP contribution in [-0.4, -0.2) is 112 Å². The van der Waals surface area contributed by atoms with Gasteiger partial charge in [-0.1, -0.05) is 13.8 Å². The molecule has 0 aromatic heterocycles. The molecule has 2 saturated heterocycles. The lowest BCUT2D eigenvalue weighted by molar-refractivity contribution is -0.133. The van der Waals surface area contributed by atoms with Crippen molar-refractivity contribution in [1.29, 1.82) is 0 Å². The van der Waals surface area contributed by atoms with Gasteiger partial charge in [-0.3, -0.25) is 19.6 Å². The van der Waals surface area contributed by atoms with Gasteiger partial charge in [0.25, 0.3) is 0 Å². The highest BCUT2D eigenvalue weighted by atomic mass is 16.5. The van der Waals surface area contributed by atoms with E-state index in [0.29, 0.717) is 5.92 Å². The van der Waals surface area contributed by atoms with E-state index in [0.717, 1.165) is 77.6 Å². The van der Waals surface area contributed by atoms with Crippen LogP contribution in [0.5, 0.6) is 0 Å². The molecule has 2 N–H and O–H groups in total. The van der Waals surface area contributed by atoms with Crippen LogP contribution in [0.3, 0.4) is 0 Å². The van der Waals surface area contributed by atoms with Crippen molar-refractivity contribution in [3.8, 4) is 0 Å². The molecular formula is C21H42N6O2. The van der Waals surface area contributed by atoms with Crippen LogP contribution in [0.1, 0.15) is 33.1 Å². The van der Waals surface area contributed by atoms with E-state index in [4.69, 9.17) is 4.74 Å². The van der Waals surface area contributed by atoms with E-state index < -0.39 is 0 Å². The number of guanidine groups is 1. The largest absolute Gasteiger partial charge is 0.374 e. The Labute approximate surface area is 177 Å². The highest BCUT2D eigenvalue weighted by Crippen LogP contribution is 2.18. The molecule has 1 amide bonds. The number of nitrogens with one attached hydrogen (secondary N) is 2. The van der Waals surface area contributed by atoms with Crippen LogP contribution in [0.25, 0.3) is 0 Å². The zero-order chi connectivity index (χ0) is 21.2. The summed E-state index contributed by atoms with van der Waals surface area (Å²) in [5, 5.41) is 6.79. The zero-order valence-corrected chi connectivity index (χ0v) is 19.1. The van der Waals surface area contributed by atoms with Gasteiger partial charge in [-0.05, 0) is 31.7 Å². The minimum absolute atomic E-state index is 0.0553. The standard InChI is InChI=1S/C21H42N6O2/c1-17(2)15-26-12-13-29-18(16-26)14-24-21(22-3)23-9-7-11-27-10-6-8-19(27)20(28)25(4)5/h17-19H,6-16H2,1-5H3,(H2,22,23,24). The van der Waals surface area contributed by atoms with Crippen LogP contribution >= 0.6 is 0 Å². The second-order valence-corrected chi connectivity index (χ2v) is 8.81. The fourth-order valence-corrected chi connectivity index (χ4v) is 4.18. The summed E-state index contributed by atoms with van der Waals surface area (Å²) >= 11 is 0. The molecule has 2 fully saturated rings. The summed E-state index contributed by atoms with van der Waals surface area (Å²) in [6, 6.07) is 0.0553. The molecule has 0 spiro atoms. The Kier molecular flexibility index (Phi) is 10.2. The quantitative estimate of drug-likeness (QED) is 0.327. The van der Waals surface area contributed by atoms with Gasteiger partial charge in [-0.15, -0.1) is 0 Å². The number of aliphatic imine (C=N–C) groups is 1. The lowest BCUT2D eigenvalue weighted by Crippen LogP contribution is -2.50. The molecular weight excluding hydrogens is 368 g/mol. The molecule has 2 aliphatic heterocycles. The van der Waals surface area contributed by atoms with Crippen molar-refractivity contribution in [2.24, 2.45) is 10.9 Å². The lowest BCUT2D eigenvalue weighted by atomic mass is 10.2. The number of hydrogen-bond donors (Lipinski definition) is 2. The monoisotopic (exact) mass is 410 g/mol. The maximum absolute atomic E-state index is 12.3. The number of hydrogen-bond acceptors (Lipinski definition) is 5. The second kappa shape index (κ2) is 12.3. The third-order valence-electron chi connectivity index (χ3n) is 5.57. The van der Waals surface area contributed by atoms with Crippen molar-refractivity contribution >= 4 is 11.9 Å². The molecule has 0 aliphatic carbocycles. The molecule has 2 aliphatic rings. The summed E-state index contributed by atoms with van der Waals surface area (Å²) in [6.07, 6.45) is 3.27. The molecule has 8 heteroatoms. The number of likely N-dealkylation sites (tertiary alicyclic amines) is 1. The molecule has 29 heavy (non-hydrogen) atoms. The first kappa shape index (κ1) is 23.9. The maximum atomic E-state index is 12.3. The van der Waals surface area contributed by atoms with E-state index >= 15 is 0 Å². The van der Waals surface area contributed by atoms with Gasteiger partial charge in [0, 0.05) is 60.4 Å². The van der Waals surface area contributed by atoms with Gasteiger partial charge in [-0.25, -0.2) is 0 Å².